The number of amides is 1. The normalized spacial score (nSPS) is 11.2. The maximum absolute atomic E-state index is 13.8. The number of pyridine rings is 1. The number of benzene rings is 2. The molecular formula is C27H29N3O4S. The molecule has 0 radical (unpaired) electrons. The van der Waals surface area contributed by atoms with Crippen molar-refractivity contribution in [3.05, 3.63) is 69.3 Å². The van der Waals surface area contributed by atoms with E-state index in [2.05, 4.69) is 11.9 Å². The lowest BCUT2D eigenvalue weighted by atomic mass is 10.1. The number of carbonyl (C=O) groups excluding carboxylic acids is 2. The molecule has 0 fully saturated rings. The van der Waals surface area contributed by atoms with E-state index in [4.69, 9.17) is 4.74 Å². The van der Waals surface area contributed by atoms with Gasteiger partial charge in [0, 0.05) is 17.3 Å². The third-order valence-corrected chi connectivity index (χ3v) is 7.10. The summed E-state index contributed by atoms with van der Waals surface area (Å²) in [6.07, 6.45) is 2.81. The van der Waals surface area contributed by atoms with Crippen LogP contribution in [-0.4, -0.2) is 34.6 Å². The Bertz CT molecular complexity index is 1380. The molecule has 8 heteroatoms. The smallest absolute Gasteiger partial charge is 0.350 e. The van der Waals surface area contributed by atoms with Gasteiger partial charge in [-0.05, 0) is 44.5 Å². The Morgan fingerprint density at radius 2 is 1.63 bits per heavy atom. The minimum absolute atomic E-state index is 0.0425. The second kappa shape index (κ2) is 10.8. The number of hydrogen-bond donors (Lipinski definition) is 0. The van der Waals surface area contributed by atoms with Gasteiger partial charge < -0.3 is 9.30 Å². The summed E-state index contributed by atoms with van der Waals surface area (Å²) >= 11 is 1.18. The lowest BCUT2D eigenvalue weighted by Crippen LogP contribution is -2.35. The van der Waals surface area contributed by atoms with Crippen molar-refractivity contribution in [1.29, 1.82) is 0 Å². The number of thiazole rings is 1. The van der Waals surface area contributed by atoms with Crippen LogP contribution in [0.15, 0.2) is 53.3 Å². The van der Waals surface area contributed by atoms with E-state index in [1.807, 2.05) is 41.0 Å². The molecule has 0 N–H and O–H groups in total. The zero-order valence-electron chi connectivity index (χ0n) is 20.2. The number of nitrogens with zero attached hydrogens (tertiary/aromatic N) is 3. The van der Waals surface area contributed by atoms with E-state index < -0.39 is 5.97 Å². The van der Waals surface area contributed by atoms with E-state index >= 15 is 0 Å². The van der Waals surface area contributed by atoms with Crippen molar-refractivity contribution < 1.29 is 14.3 Å². The van der Waals surface area contributed by atoms with Crippen LogP contribution in [0.2, 0.25) is 0 Å². The molecule has 2 aromatic carbocycles. The number of aromatic nitrogens is 2. The molecule has 0 saturated carbocycles. The standard InChI is InChI=1S/C27H29N3O4S/c1-4-6-11-16-29(27-28-18(3)25(35-27)26(33)34-5-2)23(31)17-30-21-14-9-7-12-19(21)24(32)20-13-8-10-15-22(20)30/h7-10,12-15H,4-6,11,16-17H2,1-3H3. The van der Waals surface area contributed by atoms with Crippen molar-refractivity contribution >= 4 is 50.2 Å². The van der Waals surface area contributed by atoms with Crippen molar-refractivity contribution in [2.75, 3.05) is 18.1 Å². The second-order valence-corrected chi connectivity index (χ2v) is 9.31. The molecule has 2 aromatic heterocycles. The number of esters is 1. The molecule has 2 heterocycles. The number of unbranched alkanes of at least 4 members (excludes halogenated alkanes) is 2. The van der Waals surface area contributed by atoms with Crippen LogP contribution in [0.25, 0.3) is 21.8 Å². The topological polar surface area (TPSA) is 81.5 Å². The highest BCUT2D eigenvalue weighted by atomic mass is 32.1. The minimum atomic E-state index is -0.424. The summed E-state index contributed by atoms with van der Waals surface area (Å²) in [6.45, 7) is 6.44. The van der Waals surface area contributed by atoms with Crippen molar-refractivity contribution in [3.63, 3.8) is 0 Å². The van der Waals surface area contributed by atoms with Gasteiger partial charge in [0.2, 0.25) is 5.91 Å². The lowest BCUT2D eigenvalue weighted by molar-refractivity contribution is -0.119. The number of ether oxygens (including phenoxy) is 1. The molecule has 4 aromatic rings. The summed E-state index contributed by atoms with van der Waals surface area (Å²) in [7, 11) is 0. The van der Waals surface area contributed by atoms with Crippen LogP contribution in [0.3, 0.4) is 0 Å². The summed E-state index contributed by atoms with van der Waals surface area (Å²) in [4.78, 5) is 45.8. The molecule has 0 saturated heterocycles. The van der Waals surface area contributed by atoms with E-state index in [9.17, 15) is 14.4 Å². The highest BCUT2D eigenvalue weighted by molar-refractivity contribution is 7.17. The van der Waals surface area contributed by atoms with Gasteiger partial charge in [-0.3, -0.25) is 14.5 Å². The van der Waals surface area contributed by atoms with E-state index in [0.29, 0.717) is 44.1 Å². The quantitative estimate of drug-likeness (QED) is 0.180. The molecule has 1 amide bonds. The summed E-state index contributed by atoms with van der Waals surface area (Å²) < 4.78 is 7.06. The first-order valence-corrected chi connectivity index (χ1v) is 12.7. The summed E-state index contributed by atoms with van der Waals surface area (Å²) in [6, 6.07) is 14.7. The number of aryl methyl sites for hydroxylation is 1. The Labute approximate surface area is 208 Å². The predicted octanol–water partition coefficient (Wildman–Crippen LogP) is 5.32. The lowest BCUT2D eigenvalue weighted by Gasteiger charge is -2.22. The molecule has 35 heavy (non-hydrogen) atoms. The van der Waals surface area contributed by atoms with Gasteiger partial charge in [-0.15, -0.1) is 0 Å². The van der Waals surface area contributed by atoms with Crippen molar-refractivity contribution in [3.8, 4) is 0 Å². The van der Waals surface area contributed by atoms with Gasteiger partial charge in [0.05, 0.1) is 23.3 Å². The van der Waals surface area contributed by atoms with Crippen LogP contribution in [-0.2, 0) is 16.1 Å². The highest BCUT2D eigenvalue weighted by Crippen LogP contribution is 2.28. The summed E-state index contributed by atoms with van der Waals surface area (Å²) in [5.41, 5.74) is 1.92. The molecule has 0 bridgehead atoms. The van der Waals surface area contributed by atoms with Crippen molar-refractivity contribution in [2.45, 2.75) is 46.6 Å². The average molecular weight is 492 g/mol. The second-order valence-electron chi connectivity index (χ2n) is 8.33. The van der Waals surface area contributed by atoms with Gasteiger partial charge >= 0.3 is 5.97 Å². The van der Waals surface area contributed by atoms with Crippen molar-refractivity contribution in [1.82, 2.24) is 9.55 Å². The highest BCUT2D eigenvalue weighted by Gasteiger charge is 2.25. The molecule has 4 rings (SSSR count). The molecule has 0 aliphatic carbocycles. The van der Waals surface area contributed by atoms with Gasteiger partial charge in [0.25, 0.3) is 0 Å². The molecule has 0 atom stereocenters. The molecule has 0 unspecified atom stereocenters. The number of anilines is 1. The van der Waals surface area contributed by atoms with Gasteiger partial charge in [-0.2, -0.15) is 0 Å². The van der Waals surface area contributed by atoms with Gasteiger partial charge in [0.1, 0.15) is 11.4 Å². The van der Waals surface area contributed by atoms with Crippen LogP contribution in [0, 0.1) is 6.92 Å². The Hall–Kier alpha value is -3.52. The van der Waals surface area contributed by atoms with Gasteiger partial charge in [0.15, 0.2) is 10.6 Å². The van der Waals surface area contributed by atoms with Crippen LogP contribution in [0.1, 0.15) is 48.5 Å². The Morgan fingerprint density at radius 3 is 2.23 bits per heavy atom. The van der Waals surface area contributed by atoms with Gasteiger partial charge in [-0.25, -0.2) is 9.78 Å². The van der Waals surface area contributed by atoms with Crippen LogP contribution >= 0.6 is 11.3 Å². The van der Waals surface area contributed by atoms with E-state index in [1.54, 1.807) is 30.9 Å². The molecule has 0 aliphatic heterocycles. The van der Waals surface area contributed by atoms with Crippen LogP contribution in [0.5, 0.6) is 0 Å². The number of fused-ring (bicyclic) bond motifs is 2. The Morgan fingerprint density at radius 1 is 1.00 bits per heavy atom. The predicted molar refractivity (Wildman–Crippen MR) is 140 cm³/mol. The van der Waals surface area contributed by atoms with Crippen LogP contribution < -0.4 is 10.3 Å². The molecule has 7 nitrogen and oxygen atoms in total. The van der Waals surface area contributed by atoms with Gasteiger partial charge in [-0.1, -0.05) is 55.4 Å². The number of para-hydroxylation sites is 2. The minimum Gasteiger partial charge on any atom is -0.462 e. The first-order chi connectivity index (χ1) is 17.0. The third-order valence-electron chi connectivity index (χ3n) is 5.94. The number of rotatable bonds is 9. The SMILES string of the molecule is CCCCCN(C(=O)Cn1c2ccccc2c(=O)c2ccccc21)c1nc(C)c(C(=O)OCC)s1. The molecule has 182 valence electrons. The number of hydrogen-bond acceptors (Lipinski definition) is 6. The van der Waals surface area contributed by atoms with E-state index in [-0.39, 0.29) is 24.5 Å². The number of carbonyl (C=O) groups is 2. The third kappa shape index (κ3) is 4.98. The zero-order chi connectivity index (χ0) is 24.9. The summed E-state index contributed by atoms with van der Waals surface area (Å²) in [5, 5.41) is 1.64. The monoisotopic (exact) mass is 491 g/mol. The Balaban J connectivity index is 1.76. The first kappa shape index (κ1) is 24.6. The first-order valence-electron chi connectivity index (χ1n) is 11.9. The maximum atomic E-state index is 13.8. The van der Waals surface area contributed by atoms with E-state index in [1.165, 1.54) is 11.3 Å². The molecule has 0 spiro atoms. The fraction of sp³-hybridized carbons (Fsp3) is 0.333. The zero-order valence-corrected chi connectivity index (χ0v) is 21.1. The average Bonchev–Trinajstić information content (AvgIpc) is 3.25. The largest absolute Gasteiger partial charge is 0.462 e. The summed E-state index contributed by atoms with van der Waals surface area (Å²) in [5.74, 6) is -0.573. The van der Waals surface area contributed by atoms with E-state index in [0.717, 1.165) is 19.3 Å². The van der Waals surface area contributed by atoms with Crippen LogP contribution in [0.4, 0.5) is 5.13 Å². The fourth-order valence-electron chi connectivity index (χ4n) is 4.20. The van der Waals surface area contributed by atoms with Crippen molar-refractivity contribution in [2.24, 2.45) is 0 Å². The fourth-order valence-corrected chi connectivity index (χ4v) is 5.20. The Kier molecular flexibility index (Phi) is 7.60. The molecular weight excluding hydrogens is 462 g/mol. The maximum Gasteiger partial charge on any atom is 0.350 e. The molecule has 0 aliphatic rings.